The summed E-state index contributed by atoms with van der Waals surface area (Å²) in [6.45, 7) is 0.301. The van der Waals surface area contributed by atoms with E-state index in [-0.39, 0.29) is 0 Å². The quantitative estimate of drug-likeness (QED) is 0.364. The highest BCUT2D eigenvalue weighted by Crippen LogP contribution is 2.36. The van der Waals surface area contributed by atoms with Crippen LogP contribution in [0, 0.1) is 0 Å². The number of nitrogens with one attached hydrogen (secondary N) is 1. The van der Waals surface area contributed by atoms with Crippen LogP contribution in [0.3, 0.4) is 0 Å². The van der Waals surface area contributed by atoms with E-state index in [0.29, 0.717) is 45.0 Å². The van der Waals surface area contributed by atoms with Crippen LogP contribution in [0.2, 0.25) is 10.0 Å². The molecule has 6 nitrogen and oxygen atoms in total. The second-order valence-corrected chi connectivity index (χ2v) is 7.19. The first-order chi connectivity index (χ1) is 15.0. The molecule has 0 radical (unpaired) electrons. The summed E-state index contributed by atoms with van der Waals surface area (Å²) in [5, 5.41) is 5.00. The largest absolute Gasteiger partial charge is 0.496 e. The number of carbonyl (C=O) groups excluding carboxylic acids is 1. The van der Waals surface area contributed by atoms with Crippen molar-refractivity contribution >= 4 is 35.3 Å². The zero-order valence-electron chi connectivity index (χ0n) is 16.9. The van der Waals surface area contributed by atoms with E-state index in [1.54, 1.807) is 48.5 Å². The van der Waals surface area contributed by atoms with Gasteiger partial charge in [-0.1, -0.05) is 47.5 Å². The SMILES string of the molecule is COc1ccccc1C(=O)N/N=C\c1cc(Cl)c(OCc2ccc(Cl)cc2)c(OC)c1. The van der Waals surface area contributed by atoms with Gasteiger partial charge in [-0.25, -0.2) is 5.43 Å². The van der Waals surface area contributed by atoms with Gasteiger partial charge in [0.15, 0.2) is 11.5 Å². The molecular weight excluding hydrogens is 439 g/mol. The van der Waals surface area contributed by atoms with Crippen LogP contribution >= 0.6 is 23.2 Å². The molecule has 0 aliphatic carbocycles. The zero-order valence-corrected chi connectivity index (χ0v) is 18.4. The van der Waals surface area contributed by atoms with Crippen LogP contribution in [0.1, 0.15) is 21.5 Å². The minimum atomic E-state index is -0.394. The molecule has 0 aliphatic rings. The summed E-state index contributed by atoms with van der Waals surface area (Å²) < 4.78 is 16.4. The fourth-order valence-corrected chi connectivity index (χ4v) is 3.15. The Hall–Kier alpha value is -3.22. The highest BCUT2D eigenvalue weighted by Gasteiger charge is 2.13. The van der Waals surface area contributed by atoms with Gasteiger partial charge in [0.2, 0.25) is 0 Å². The van der Waals surface area contributed by atoms with E-state index in [2.05, 4.69) is 10.5 Å². The number of halogens is 2. The second kappa shape index (κ2) is 10.7. The first kappa shape index (κ1) is 22.5. The molecule has 3 rings (SSSR count). The van der Waals surface area contributed by atoms with Crippen molar-refractivity contribution in [2.45, 2.75) is 6.61 Å². The molecule has 0 aromatic heterocycles. The number of methoxy groups -OCH3 is 2. The molecule has 8 heteroatoms. The van der Waals surface area contributed by atoms with Crippen LogP contribution in [0.15, 0.2) is 65.8 Å². The van der Waals surface area contributed by atoms with Crippen LogP contribution in [0.25, 0.3) is 0 Å². The van der Waals surface area contributed by atoms with Crippen LogP contribution in [0.4, 0.5) is 0 Å². The summed E-state index contributed by atoms with van der Waals surface area (Å²) in [5.74, 6) is 0.921. The van der Waals surface area contributed by atoms with E-state index >= 15 is 0 Å². The average molecular weight is 459 g/mol. The third-order valence-corrected chi connectivity index (χ3v) is 4.81. The maximum Gasteiger partial charge on any atom is 0.275 e. The smallest absolute Gasteiger partial charge is 0.275 e. The lowest BCUT2D eigenvalue weighted by Gasteiger charge is -2.13. The number of para-hydroxylation sites is 1. The predicted octanol–water partition coefficient (Wildman–Crippen LogP) is 5.35. The van der Waals surface area contributed by atoms with Crippen molar-refractivity contribution in [1.29, 1.82) is 0 Å². The topological polar surface area (TPSA) is 69.2 Å². The molecule has 1 N–H and O–H groups in total. The lowest BCUT2D eigenvalue weighted by Crippen LogP contribution is -2.18. The molecule has 0 aliphatic heterocycles. The van der Waals surface area contributed by atoms with Crippen molar-refractivity contribution in [2.24, 2.45) is 5.10 Å². The maximum absolute atomic E-state index is 12.3. The van der Waals surface area contributed by atoms with Gasteiger partial charge in [-0.3, -0.25) is 4.79 Å². The van der Waals surface area contributed by atoms with Crippen LogP contribution in [-0.4, -0.2) is 26.3 Å². The Morgan fingerprint density at radius 2 is 1.71 bits per heavy atom. The van der Waals surface area contributed by atoms with Crippen molar-refractivity contribution in [1.82, 2.24) is 5.43 Å². The first-order valence-corrected chi connectivity index (χ1v) is 9.98. The number of nitrogens with zero attached hydrogens (tertiary/aromatic N) is 1. The Balaban J connectivity index is 1.70. The minimum Gasteiger partial charge on any atom is -0.496 e. The number of hydrogen-bond acceptors (Lipinski definition) is 5. The molecule has 3 aromatic rings. The van der Waals surface area contributed by atoms with E-state index < -0.39 is 5.91 Å². The normalized spacial score (nSPS) is 10.7. The molecule has 0 saturated heterocycles. The molecule has 0 unspecified atom stereocenters. The van der Waals surface area contributed by atoms with Crippen molar-refractivity contribution in [3.05, 3.63) is 87.4 Å². The molecule has 31 heavy (non-hydrogen) atoms. The fraction of sp³-hybridized carbons (Fsp3) is 0.130. The first-order valence-electron chi connectivity index (χ1n) is 9.23. The van der Waals surface area contributed by atoms with Gasteiger partial charge in [-0.2, -0.15) is 5.10 Å². The highest BCUT2D eigenvalue weighted by molar-refractivity contribution is 6.32. The van der Waals surface area contributed by atoms with Gasteiger partial charge in [0, 0.05) is 5.02 Å². The Labute approximate surface area is 190 Å². The van der Waals surface area contributed by atoms with E-state index in [9.17, 15) is 4.79 Å². The standard InChI is InChI=1S/C23H20Cl2N2O4/c1-29-20-6-4-3-5-18(20)23(28)27-26-13-16-11-19(25)22(21(12-16)30-2)31-14-15-7-9-17(24)10-8-15/h3-13H,14H2,1-2H3,(H,27,28)/b26-13-. The molecule has 0 saturated carbocycles. The summed E-state index contributed by atoms with van der Waals surface area (Å²) in [6, 6.07) is 17.6. The molecule has 160 valence electrons. The number of carbonyl (C=O) groups is 1. The van der Waals surface area contributed by atoms with E-state index in [4.69, 9.17) is 37.4 Å². The van der Waals surface area contributed by atoms with Crippen molar-refractivity contribution in [3.8, 4) is 17.2 Å². The number of rotatable bonds is 8. The molecule has 3 aromatic carbocycles. The zero-order chi connectivity index (χ0) is 22.2. The van der Waals surface area contributed by atoms with E-state index in [0.717, 1.165) is 5.56 Å². The molecule has 0 heterocycles. The maximum atomic E-state index is 12.3. The molecule has 1 amide bonds. The number of benzene rings is 3. The predicted molar refractivity (Wildman–Crippen MR) is 122 cm³/mol. The third kappa shape index (κ3) is 5.90. The monoisotopic (exact) mass is 458 g/mol. The van der Waals surface area contributed by atoms with Gasteiger partial charge < -0.3 is 14.2 Å². The molecule has 0 fully saturated rings. The molecule has 0 spiro atoms. The number of amides is 1. The summed E-state index contributed by atoms with van der Waals surface area (Å²) >= 11 is 12.3. The lowest BCUT2D eigenvalue weighted by atomic mass is 10.2. The van der Waals surface area contributed by atoms with E-state index in [1.807, 2.05) is 12.1 Å². The summed E-state index contributed by atoms with van der Waals surface area (Å²) in [5.41, 5.74) is 4.41. The van der Waals surface area contributed by atoms with Gasteiger partial charge in [0.1, 0.15) is 12.4 Å². The van der Waals surface area contributed by atoms with Gasteiger partial charge in [0.05, 0.1) is 31.0 Å². The fourth-order valence-electron chi connectivity index (χ4n) is 2.75. The number of hydrogen-bond donors (Lipinski definition) is 1. The summed E-state index contributed by atoms with van der Waals surface area (Å²) in [4.78, 5) is 12.3. The number of hydrazone groups is 1. The van der Waals surface area contributed by atoms with Gasteiger partial charge in [-0.05, 0) is 47.5 Å². The minimum absolute atomic E-state index is 0.301. The van der Waals surface area contributed by atoms with Crippen LogP contribution < -0.4 is 19.6 Å². The van der Waals surface area contributed by atoms with Gasteiger partial charge in [-0.15, -0.1) is 0 Å². The van der Waals surface area contributed by atoms with Gasteiger partial charge in [0.25, 0.3) is 5.91 Å². The molecular formula is C23H20Cl2N2O4. The Kier molecular flexibility index (Phi) is 7.76. The molecule has 0 bridgehead atoms. The van der Waals surface area contributed by atoms with Gasteiger partial charge >= 0.3 is 0 Å². The highest BCUT2D eigenvalue weighted by atomic mass is 35.5. The van der Waals surface area contributed by atoms with Crippen LogP contribution in [-0.2, 0) is 6.61 Å². The molecule has 0 atom stereocenters. The van der Waals surface area contributed by atoms with Crippen molar-refractivity contribution < 1.29 is 19.0 Å². The number of ether oxygens (including phenoxy) is 3. The summed E-state index contributed by atoms with van der Waals surface area (Å²) in [7, 11) is 3.02. The van der Waals surface area contributed by atoms with Crippen LogP contribution in [0.5, 0.6) is 17.2 Å². The van der Waals surface area contributed by atoms with Crippen molar-refractivity contribution in [2.75, 3.05) is 14.2 Å². The average Bonchev–Trinajstić information content (AvgIpc) is 2.79. The second-order valence-electron chi connectivity index (χ2n) is 6.35. The Bertz CT molecular complexity index is 1090. The Morgan fingerprint density at radius 3 is 2.42 bits per heavy atom. The van der Waals surface area contributed by atoms with E-state index in [1.165, 1.54) is 20.4 Å². The van der Waals surface area contributed by atoms with Crippen molar-refractivity contribution in [3.63, 3.8) is 0 Å². The summed E-state index contributed by atoms with van der Waals surface area (Å²) in [6.07, 6.45) is 1.46. The Morgan fingerprint density at radius 1 is 1.00 bits per heavy atom. The lowest BCUT2D eigenvalue weighted by molar-refractivity contribution is 0.0952. The third-order valence-electron chi connectivity index (χ3n) is 4.28.